The van der Waals surface area contributed by atoms with Crippen LogP contribution < -0.4 is 5.32 Å². The molecule has 2 bridgehead atoms. The second-order valence-corrected chi connectivity index (χ2v) is 5.72. The third kappa shape index (κ3) is 1.24. The van der Waals surface area contributed by atoms with Crippen LogP contribution >= 0.6 is 0 Å². The molecule has 3 aliphatic heterocycles. The monoisotopic (exact) mass is 194 g/mol. The molecular formula is C12H22N2. The summed E-state index contributed by atoms with van der Waals surface area (Å²) < 4.78 is 0. The van der Waals surface area contributed by atoms with Crippen molar-refractivity contribution >= 4 is 0 Å². The largest absolute Gasteiger partial charge is 0.316 e. The lowest BCUT2D eigenvalue weighted by atomic mass is 9.68. The minimum absolute atomic E-state index is 0.544. The molecule has 3 saturated heterocycles. The number of rotatable bonds is 0. The Hall–Kier alpha value is -0.0800. The van der Waals surface area contributed by atoms with Crippen molar-refractivity contribution in [3.05, 3.63) is 0 Å². The molecule has 0 aromatic rings. The summed E-state index contributed by atoms with van der Waals surface area (Å²) >= 11 is 0. The van der Waals surface area contributed by atoms with Crippen molar-refractivity contribution in [2.75, 3.05) is 26.2 Å². The first-order valence-electron chi connectivity index (χ1n) is 6.25. The zero-order valence-corrected chi connectivity index (χ0v) is 9.26. The predicted molar refractivity (Wildman–Crippen MR) is 58.3 cm³/mol. The van der Waals surface area contributed by atoms with Gasteiger partial charge in [-0.2, -0.15) is 0 Å². The average molecular weight is 194 g/mol. The number of nitrogens with one attached hydrogen (secondary N) is 1. The Labute approximate surface area is 87.0 Å². The van der Waals surface area contributed by atoms with Gasteiger partial charge in [0.25, 0.3) is 0 Å². The SMILES string of the molecule is CC12CCCCN1CC1CNCC2C1. The van der Waals surface area contributed by atoms with Crippen LogP contribution in [0.25, 0.3) is 0 Å². The molecule has 3 heterocycles. The van der Waals surface area contributed by atoms with Crippen molar-refractivity contribution in [2.24, 2.45) is 11.8 Å². The van der Waals surface area contributed by atoms with Crippen LogP contribution in [0.2, 0.25) is 0 Å². The molecule has 0 aromatic heterocycles. The van der Waals surface area contributed by atoms with Crippen LogP contribution in [0.5, 0.6) is 0 Å². The maximum Gasteiger partial charge on any atom is 0.0221 e. The molecule has 2 heteroatoms. The fraction of sp³-hybridized carbons (Fsp3) is 1.00. The van der Waals surface area contributed by atoms with E-state index in [1.807, 2.05) is 0 Å². The fourth-order valence-electron chi connectivity index (χ4n) is 3.92. The van der Waals surface area contributed by atoms with E-state index in [-0.39, 0.29) is 0 Å². The quantitative estimate of drug-likeness (QED) is 0.628. The Bertz CT molecular complexity index is 222. The Morgan fingerprint density at radius 3 is 3.14 bits per heavy atom. The van der Waals surface area contributed by atoms with Crippen LogP contribution in [0.1, 0.15) is 32.6 Å². The number of piperidine rings is 3. The highest BCUT2D eigenvalue weighted by atomic mass is 15.2. The van der Waals surface area contributed by atoms with E-state index in [1.54, 1.807) is 0 Å². The summed E-state index contributed by atoms with van der Waals surface area (Å²) in [6.07, 6.45) is 5.81. The number of hydrogen-bond acceptors (Lipinski definition) is 2. The summed E-state index contributed by atoms with van der Waals surface area (Å²) in [6, 6.07) is 0. The smallest absolute Gasteiger partial charge is 0.0221 e. The van der Waals surface area contributed by atoms with E-state index in [4.69, 9.17) is 0 Å². The molecule has 0 aliphatic carbocycles. The van der Waals surface area contributed by atoms with Gasteiger partial charge >= 0.3 is 0 Å². The first-order chi connectivity index (χ1) is 6.79. The molecule has 3 atom stereocenters. The third-order valence-corrected chi connectivity index (χ3v) is 4.88. The van der Waals surface area contributed by atoms with Gasteiger partial charge in [-0.25, -0.2) is 0 Å². The van der Waals surface area contributed by atoms with Gasteiger partial charge in [0, 0.05) is 12.1 Å². The normalized spacial score (nSPS) is 48.6. The summed E-state index contributed by atoms with van der Waals surface area (Å²) in [5, 5.41) is 3.62. The molecule has 3 fully saturated rings. The average Bonchev–Trinajstić information content (AvgIpc) is 2.21. The standard InChI is InChI=1S/C12H22N2/c1-12-4-2-3-5-14(12)9-10-6-11(12)8-13-7-10/h10-11,13H,2-9H2,1H3. The van der Waals surface area contributed by atoms with E-state index < -0.39 is 0 Å². The highest BCUT2D eigenvalue weighted by molar-refractivity contribution is 5.03. The van der Waals surface area contributed by atoms with Gasteiger partial charge in [-0.3, -0.25) is 4.90 Å². The molecule has 3 aliphatic rings. The van der Waals surface area contributed by atoms with Gasteiger partial charge in [0.2, 0.25) is 0 Å². The van der Waals surface area contributed by atoms with E-state index >= 15 is 0 Å². The van der Waals surface area contributed by atoms with Gasteiger partial charge in [0.05, 0.1) is 0 Å². The summed E-state index contributed by atoms with van der Waals surface area (Å²) in [5.74, 6) is 1.87. The van der Waals surface area contributed by atoms with E-state index in [1.165, 1.54) is 51.9 Å². The summed E-state index contributed by atoms with van der Waals surface area (Å²) in [5.41, 5.74) is 0.544. The van der Waals surface area contributed by atoms with Crippen molar-refractivity contribution in [2.45, 2.75) is 38.1 Å². The maximum atomic E-state index is 3.62. The van der Waals surface area contributed by atoms with Crippen LogP contribution in [-0.4, -0.2) is 36.6 Å². The lowest BCUT2D eigenvalue weighted by Crippen LogP contribution is -2.64. The van der Waals surface area contributed by atoms with Crippen molar-refractivity contribution in [1.82, 2.24) is 10.2 Å². The minimum Gasteiger partial charge on any atom is -0.316 e. The molecule has 0 amide bonds. The van der Waals surface area contributed by atoms with Gasteiger partial charge in [-0.15, -0.1) is 0 Å². The molecule has 0 spiro atoms. The van der Waals surface area contributed by atoms with E-state index in [0.717, 1.165) is 11.8 Å². The molecule has 3 rings (SSSR count). The van der Waals surface area contributed by atoms with Gasteiger partial charge in [-0.1, -0.05) is 6.42 Å². The number of fused-ring (bicyclic) bond motifs is 4. The molecular weight excluding hydrogens is 172 g/mol. The van der Waals surface area contributed by atoms with E-state index in [2.05, 4.69) is 17.1 Å². The molecule has 1 N–H and O–H groups in total. The Balaban J connectivity index is 1.86. The van der Waals surface area contributed by atoms with E-state index in [0.29, 0.717) is 5.54 Å². The predicted octanol–water partition coefficient (Wildman–Crippen LogP) is 1.47. The van der Waals surface area contributed by atoms with Crippen LogP contribution in [0.15, 0.2) is 0 Å². The number of nitrogens with zero attached hydrogens (tertiary/aromatic N) is 1. The van der Waals surface area contributed by atoms with Crippen molar-refractivity contribution in [3.63, 3.8) is 0 Å². The highest BCUT2D eigenvalue weighted by Crippen LogP contribution is 2.43. The minimum atomic E-state index is 0.544. The van der Waals surface area contributed by atoms with Crippen LogP contribution in [0.3, 0.4) is 0 Å². The lowest BCUT2D eigenvalue weighted by molar-refractivity contribution is -0.0581. The van der Waals surface area contributed by atoms with Crippen molar-refractivity contribution in [3.8, 4) is 0 Å². The van der Waals surface area contributed by atoms with Crippen LogP contribution in [-0.2, 0) is 0 Å². The van der Waals surface area contributed by atoms with Crippen LogP contribution in [0.4, 0.5) is 0 Å². The first kappa shape index (κ1) is 9.17. The third-order valence-electron chi connectivity index (χ3n) is 4.88. The summed E-state index contributed by atoms with van der Waals surface area (Å²) in [7, 11) is 0. The van der Waals surface area contributed by atoms with Gasteiger partial charge in [0.1, 0.15) is 0 Å². The molecule has 3 unspecified atom stereocenters. The lowest BCUT2D eigenvalue weighted by Gasteiger charge is -2.57. The summed E-state index contributed by atoms with van der Waals surface area (Å²) in [6.45, 7) is 7.77. The maximum absolute atomic E-state index is 3.62. The summed E-state index contributed by atoms with van der Waals surface area (Å²) in [4.78, 5) is 2.80. The molecule has 2 nitrogen and oxygen atoms in total. The zero-order valence-electron chi connectivity index (χ0n) is 9.26. The first-order valence-corrected chi connectivity index (χ1v) is 6.25. The second-order valence-electron chi connectivity index (χ2n) is 5.72. The Morgan fingerprint density at radius 2 is 2.21 bits per heavy atom. The Kier molecular flexibility index (Phi) is 2.10. The zero-order chi connectivity index (χ0) is 9.60. The second kappa shape index (κ2) is 3.21. The van der Waals surface area contributed by atoms with Crippen molar-refractivity contribution in [1.29, 1.82) is 0 Å². The van der Waals surface area contributed by atoms with Gasteiger partial charge < -0.3 is 5.32 Å². The molecule has 0 saturated carbocycles. The van der Waals surface area contributed by atoms with Gasteiger partial charge in [-0.05, 0) is 57.7 Å². The van der Waals surface area contributed by atoms with Crippen LogP contribution in [0, 0.1) is 11.8 Å². The van der Waals surface area contributed by atoms with Gasteiger partial charge in [0.15, 0.2) is 0 Å². The van der Waals surface area contributed by atoms with Crippen molar-refractivity contribution < 1.29 is 0 Å². The molecule has 14 heavy (non-hydrogen) atoms. The molecule has 0 radical (unpaired) electrons. The van der Waals surface area contributed by atoms with E-state index in [9.17, 15) is 0 Å². The fourth-order valence-corrected chi connectivity index (χ4v) is 3.92. The Morgan fingerprint density at radius 1 is 1.29 bits per heavy atom. The molecule has 0 aromatic carbocycles. The topological polar surface area (TPSA) is 15.3 Å². The number of hydrogen-bond donors (Lipinski definition) is 1. The highest BCUT2D eigenvalue weighted by Gasteiger charge is 2.47. The molecule has 80 valence electrons.